The van der Waals surface area contributed by atoms with Crippen LogP contribution < -0.4 is 5.32 Å². The average molecular weight is 182 g/mol. The third-order valence-electron chi connectivity index (χ3n) is 2.61. The largest absolute Gasteiger partial charge is 0.315 e. The van der Waals surface area contributed by atoms with E-state index in [2.05, 4.69) is 30.6 Å². The van der Waals surface area contributed by atoms with Gasteiger partial charge in [0.1, 0.15) is 0 Å². The number of nitrogens with zero attached hydrogens (tertiary/aromatic N) is 1. The average Bonchev–Trinajstić information content (AvgIpc) is 2.93. The highest BCUT2D eigenvalue weighted by Gasteiger charge is 2.30. The van der Waals surface area contributed by atoms with Gasteiger partial charge in [-0.05, 0) is 26.3 Å². The molecule has 0 spiro atoms. The van der Waals surface area contributed by atoms with Gasteiger partial charge in [0.25, 0.3) is 0 Å². The van der Waals surface area contributed by atoms with E-state index in [1.54, 1.807) is 0 Å². The maximum absolute atomic E-state index is 3.81. The Bertz CT molecular complexity index is 152. The molecule has 0 aromatic heterocycles. The zero-order chi connectivity index (χ0) is 9.68. The highest BCUT2D eigenvalue weighted by Crippen LogP contribution is 2.28. The van der Waals surface area contributed by atoms with E-state index in [4.69, 9.17) is 0 Å². The molecule has 0 aliphatic heterocycles. The Morgan fingerprint density at radius 1 is 1.62 bits per heavy atom. The maximum Gasteiger partial charge on any atom is 0.0198 e. The van der Waals surface area contributed by atoms with Gasteiger partial charge in [-0.3, -0.25) is 4.90 Å². The summed E-state index contributed by atoms with van der Waals surface area (Å²) in [7, 11) is 0. The number of likely N-dealkylation sites (N-methyl/N-ethyl adjacent to an activating group) is 1. The second-order valence-electron chi connectivity index (χ2n) is 3.87. The van der Waals surface area contributed by atoms with Crippen LogP contribution in [0.1, 0.15) is 26.7 Å². The number of rotatable bonds is 7. The predicted molar refractivity (Wildman–Crippen MR) is 57.9 cm³/mol. The van der Waals surface area contributed by atoms with Gasteiger partial charge in [0.05, 0.1) is 0 Å². The van der Waals surface area contributed by atoms with E-state index in [9.17, 15) is 0 Å². The van der Waals surface area contributed by atoms with Gasteiger partial charge in [-0.2, -0.15) is 0 Å². The summed E-state index contributed by atoms with van der Waals surface area (Å²) in [5.41, 5.74) is 0. The van der Waals surface area contributed by atoms with Crippen LogP contribution in [0.5, 0.6) is 0 Å². The van der Waals surface area contributed by atoms with Crippen LogP contribution in [-0.2, 0) is 0 Å². The number of hydrogen-bond donors (Lipinski definition) is 1. The van der Waals surface area contributed by atoms with Crippen LogP contribution in [0, 0.1) is 0 Å². The van der Waals surface area contributed by atoms with Gasteiger partial charge in [0, 0.05) is 25.2 Å². The van der Waals surface area contributed by atoms with Crippen LogP contribution in [0.3, 0.4) is 0 Å². The van der Waals surface area contributed by atoms with Crippen molar-refractivity contribution in [1.82, 2.24) is 10.2 Å². The zero-order valence-electron chi connectivity index (χ0n) is 8.92. The molecule has 1 unspecified atom stereocenters. The standard InChI is InChI=1S/C11H22N2/c1-4-8-13(11-6-7-11)10(3)9-12-5-2/h4,10-12H,1,5-9H2,2-3H3. The third-order valence-corrected chi connectivity index (χ3v) is 2.61. The minimum atomic E-state index is 0.644. The molecule has 0 saturated heterocycles. The fourth-order valence-corrected chi connectivity index (χ4v) is 1.71. The van der Waals surface area contributed by atoms with Gasteiger partial charge < -0.3 is 5.32 Å². The molecule has 13 heavy (non-hydrogen) atoms. The molecular weight excluding hydrogens is 160 g/mol. The lowest BCUT2D eigenvalue weighted by atomic mass is 10.2. The Morgan fingerprint density at radius 2 is 2.31 bits per heavy atom. The SMILES string of the molecule is C=CCN(C(C)CNCC)C1CC1. The van der Waals surface area contributed by atoms with Crippen molar-refractivity contribution in [1.29, 1.82) is 0 Å². The molecule has 0 amide bonds. The summed E-state index contributed by atoms with van der Waals surface area (Å²) in [6.07, 6.45) is 4.77. The molecule has 0 radical (unpaired) electrons. The van der Waals surface area contributed by atoms with Gasteiger partial charge in [-0.25, -0.2) is 0 Å². The summed E-state index contributed by atoms with van der Waals surface area (Å²) >= 11 is 0. The highest BCUT2D eigenvalue weighted by atomic mass is 15.2. The summed E-state index contributed by atoms with van der Waals surface area (Å²) in [4.78, 5) is 2.55. The van der Waals surface area contributed by atoms with Crippen molar-refractivity contribution >= 4 is 0 Å². The molecular formula is C11H22N2. The first-order chi connectivity index (χ1) is 6.29. The van der Waals surface area contributed by atoms with Crippen LogP contribution in [0.15, 0.2) is 12.7 Å². The minimum Gasteiger partial charge on any atom is -0.315 e. The Labute approximate surface area is 82.0 Å². The summed E-state index contributed by atoms with van der Waals surface area (Å²) in [5, 5.41) is 3.39. The first kappa shape index (κ1) is 10.7. The molecule has 0 aromatic carbocycles. The van der Waals surface area contributed by atoms with Crippen molar-refractivity contribution in [3.05, 3.63) is 12.7 Å². The molecule has 2 heteroatoms. The Balaban J connectivity index is 2.29. The topological polar surface area (TPSA) is 15.3 Å². The zero-order valence-corrected chi connectivity index (χ0v) is 8.92. The Kier molecular flexibility index (Phi) is 4.46. The van der Waals surface area contributed by atoms with E-state index < -0.39 is 0 Å². The van der Waals surface area contributed by atoms with Crippen LogP contribution in [0.25, 0.3) is 0 Å². The molecule has 76 valence electrons. The molecule has 1 fully saturated rings. The van der Waals surface area contributed by atoms with Crippen LogP contribution in [-0.4, -0.2) is 36.6 Å². The summed E-state index contributed by atoms with van der Waals surface area (Å²) in [6.45, 7) is 11.5. The second-order valence-corrected chi connectivity index (χ2v) is 3.87. The van der Waals surface area contributed by atoms with Gasteiger partial charge in [-0.1, -0.05) is 13.0 Å². The Morgan fingerprint density at radius 3 is 2.77 bits per heavy atom. The molecule has 1 aliphatic carbocycles. The van der Waals surface area contributed by atoms with Gasteiger partial charge in [-0.15, -0.1) is 6.58 Å². The van der Waals surface area contributed by atoms with Crippen molar-refractivity contribution in [3.8, 4) is 0 Å². The van der Waals surface area contributed by atoms with Crippen molar-refractivity contribution in [2.45, 2.75) is 38.8 Å². The lowest BCUT2D eigenvalue weighted by Gasteiger charge is -2.28. The fraction of sp³-hybridized carbons (Fsp3) is 0.818. The summed E-state index contributed by atoms with van der Waals surface area (Å²) in [5.74, 6) is 0. The van der Waals surface area contributed by atoms with Crippen molar-refractivity contribution in [2.24, 2.45) is 0 Å². The molecule has 1 rings (SSSR count). The maximum atomic E-state index is 3.81. The molecule has 1 saturated carbocycles. The van der Waals surface area contributed by atoms with Crippen LogP contribution >= 0.6 is 0 Å². The van der Waals surface area contributed by atoms with E-state index in [0.717, 1.165) is 25.7 Å². The van der Waals surface area contributed by atoms with Crippen LogP contribution in [0.4, 0.5) is 0 Å². The fourth-order valence-electron chi connectivity index (χ4n) is 1.71. The van der Waals surface area contributed by atoms with E-state index in [0.29, 0.717) is 6.04 Å². The van der Waals surface area contributed by atoms with Gasteiger partial charge in [0.15, 0.2) is 0 Å². The molecule has 1 N–H and O–H groups in total. The van der Waals surface area contributed by atoms with Crippen molar-refractivity contribution < 1.29 is 0 Å². The first-order valence-corrected chi connectivity index (χ1v) is 5.37. The van der Waals surface area contributed by atoms with Crippen molar-refractivity contribution in [2.75, 3.05) is 19.6 Å². The first-order valence-electron chi connectivity index (χ1n) is 5.37. The van der Waals surface area contributed by atoms with E-state index in [-0.39, 0.29) is 0 Å². The monoisotopic (exact) mass is 182 g/mol. The minimum absolute atomic E-state index is 0.644. The van der Waals surface area contributed by atoms with Gasteiger partial charge >= 0.3 is 0 Å². The molecule has 0 heterocycles. The van der Waals surface area contributed by atoms with E-state index >= 15 is 0 Å². The molecule has 0 bridgehead atoms. The van der Waals surface area contributed by atoms with Crippen molar-refractivity contribution in [3.63, 3.8) is 0 Å². The quantitative estimate of drug-likeness (QED) is 0.602. The summed E-state index contributed by atoms with van der Waals surface area (Å²) < 4.78 is 0. The predicted octanol–water partition coefficient (Wildman–Crippen LogP) is 1.63. The molecule has 1 aliphatic rings. The smallest absolute Gasteiger partial charge is 0.0198 e. The lowest BCUT2D eigenvalue weighted by Crippen LogP contribution is -2.41. The van der Waals surface area contributed by atoms with E-state index in [1.807, 2.05) is 6.08 Å². The van der Waals surface area contributed by atoms with E-state index in [1.165, 1.54) is 12.8 Å². The molecule has 0 aromatic rings. The number of nitrogens with one attached hydrogen (secondary N) is 1. The number of hydrogen-bond acceptors (Lipinski definition) is 2. The van der Waals surface area contributed by atoms with Gasteiger partial charge in [0.2, 0.25) is 0 Å². The summed E-state index contributed by atoms with van der Waals surface area (Å²) in [6, 6.07) is 1.48. The highest BCUT2D eigenvalue weighted by molar-refractivity contribution is 4.91. The molecule has 2 nitrogen and oxygen atoms in total. The van der Waals surface area contributed by atoms with Crippen LogP contribution in [0.2, 0.25) is 0 Å². The molecule has 1 atom stereocenters. The Hall–Kier alpha value is -0.340. The second kappa shape index (κ2) is 5.40. The lowest BCUT2D eigenvalue weighted by molar-refractivity contribution is 0.217. The normalized spacial score (nSPS) is 19.0. The third kappa shape index (κ3) is 3.49.